The lowest BCUT2D eigenvalue weighted by atomic mass is 10.2. The molecule has 1 N–H and O–H groups in total. The summed E-state index contributed by atoms with van der Waals surface area (Å²) in [6, 6.07) is 11.3. The van der Waals surface area contributed by atoms with E-state index in [9.17, 15) is 4.79 Å². The van der Waals surface area contributed by atoms with Gasteiger partial charge < -0.3 is 10.2 Å². The number of aromatic nitrogens is 1. The van der Waals surface area contributed by atoms with Crippen LogP contribution in [0.1, 0.15) is 23.3 Å². The Labute approximate surface area is 132 Å². The molecular weight excluding hydrogens is 330 g/mol. The molecule has 0 bridgehead atoms. The summed E-state index contributed by atoms with van der Waals surface area (Å²) in [6.07, 6.45) is 4.12. The fourth-order valence-corrected chi connectivity index (χ4v) is 2.88. The van der Waals surface area contributed by atoms with Crippen LogP contribution >= 0.6 is 15.9 Å². The monoisotopic (exact) mass is 345 g/mol. The fraction of sp³-hybridized carbons (Fsp3) is 0.250. The normalized spacial score (nSPS) is 14.2. The zero-order valence-corrected chi connectivity index (χ0v) is 13.1. The topological polar surface area (TPSA) is 45.2 Å². The van der Waals surface area contributed by atoms with Gasteiger partial charge in [0, 0.05) is 35.1 Å². The molecule has 2 heterocycles. The van der Waals surface area contributed by atoms with Crippen LogP contribution in [0, 0.1) is 0 Å². The molecule has 2 aromatic rings. The predicted octanol–water partition coefficient (Wildman–Crippen LogP) is 3.70. The maximum atomic E-state index is 12.3. The van der Waals surface area contributed by atoms with Crippen LogP contribution in [0.3, 0.4) is 0 Å². The van der Waals surface area contributed by atoms with Gasteiger partial charge in [0.25, 0.3) is 5.91 Å². The third kappa shape index (κ3) is 3.42. The van der Waals surface area contributed by atoms with Crippen LogP contribution in [-0.4, -0.2) is 24.0 Å². The summed E-state index contributed by atoms with van der Waals surface area (Å²) in [5.41, 5.74) is 2.27. The Morgan fingerprint density at radius 2 is 2.00 bits per heavy atom. The maximum Gasteiger partial charge on any atom is 0.274 e. The molecule has 1 fully saturated rings. The number of rotatable bonds is 3. The zero-order valence-electron chi connectivity index (χ0n) is 11.6. The van der Waals surface area contributed by atoms with Gasteiger partial charge in [-0.2, -0.15) is 0 Å². The Morgan fingerprint density at radius 1 is 1.19 bits per heavy atom. The van der Waals surface area contributed by atoms with Crippen molar-refractivity contribution >= 4 is 33.2 Å². The quantitative estimate of drug-likeness (QED) is 0.922. The second kappa shape index (κ2) is 6.26. The van der Waals surface area contributed by atoms with E-state index in [4.69, 9.17) is 0 Å². The molecule has 3 rings (SSSR count). The molecular formula is C16H16BrN3O. The number of carbonyl (C=O) groups is 1. The first-order valence-corrected chi connectivity index (χ1v) is 7.79. The molecule has 108 valence electrons. The standard InChI is InChI=1S/C16H16BrN3O/c17-12-4-3-5-13(10-12)19-16(21)15-11-14(6-7-18-15)20-8-1-2-9-20/h3-7,10-11H,1-2,8-9H2,(H,19,21). The van der Waals surface area contributed by atoms with Gasteiger partial charge in [0.05, 0.1) is 0 Å². The van der Waals surface area contributed by atoms with E-state index in [0.717, 1.165) is 28.9 Å². The molecule has 1 amide bonds. The summed E-state index contributed by atoms with van der Waals surface area (Å²) in [5, 5.41) is 2.87. The van der Waals surface area contributed by atoms with Gasteiger partial charge in [0.15, 0.2) is 0 Å². The minimum absolute atomic E-state index is 0.186. The van der Waals surface area contributed by atoms with E-state index in [0.29, 0.717) is 5.69 Å². The highest BCUT2D eigenvalue weighted by Gasteiger charge is 2.15. The van der Waals surface area contributed by atoms with Gasteiger partial charge in [-0.1, -0.05) is 22.0 Å². The molecule has 0 radical (unpaired) electrons. The largest absolute Gasteiger partial charge is 0.371 e. The number of nitrogens with zero attached hydrogens (tertiary/aromatic N) is 2. The highest BCUT2D eigenvalue weighted by atomic mass is 79.9. The molecule has 0 atom stereocenters. The number of carbonyl (C=O) groups excluding carboxylic acids is 1. The molecule has 0 aliphatic carbocycles. The van der Waals surface area contributed by atoms with E-state index in [-0.39, 0.29) is 5.91 Å². The maximum absolute atomic E-state index is 12.3. The number of anilines is 2. The summed E-state index contributed by atoms with van der Waals surface area (Å²) in [4.78, 5) is 18.8. The number of pyridine rings is 1. The van der Waals surface area contributed by atoms with Gasteiger partial charge in [-0.25, -0.2) is 0 Å². The summed E-state index contributed by atoms with van der Waals surface area (Å²) in [6.45, 7) is 2.10. The van der Waals surface area contributed by atoms with Crippen LogP contribution in [0.5, 0.6) is 0 Å². The average Bonchev–Trinajstić information content (AvgIpc) is 3.02. The number of halogens is 1. The fourth-order valence-electron chi connectivity index (χ4n) is 2.48. The van der Waals surface area contributed by atoms with Crippen molar-refractivity contribution in [3.05, 3.63) is 52.8 Å². The highest BCUT2D eigenvalue weighted by molar-refractivity contribution is 9.10. The van der Waals surface area contributed by atoms with Crippen LogP contribution in [0.4, 0.5) is 11.4 Å². The highest BCUT2D eigenvalue weighted by Crippen LogP contribution is 2.21. The summed E-state index contributed by atoms with van der Waals surface area (Å²) in [5.74, 6) is -0.186. The van der Waals surface area contributed by atoms with Crippen molar-refractivity contribution in [3.63, 3.8) is 0 Å². The third-order valence-corrected chi connectivity index (χ3v) is 4.02. The molecule has 21 heavy (non-hydrogen) atoms. The number of benzene rings is 1. The van der Waals surface area contributed by atoms with E-state index in [1.807, 2.05) is 36.4 Å². The molecule has 0 unspecified atom stereocenters. The lowest BCUT2D eigenvalue weighted by molar-refractivity contribution is 0.102. The van der Waals surface area contributed by atoms with Crippen molar-refractivity contribution in [2.24, 2.45) is 0 Å². The SMILES string of the molecule is O=C(Nc1cccc(Br)c1)c1cc(N2CCCC2)ccn1. The van der Waals surface area contributed by atoms with Crippen molar-refractivity contribution in [2.45, 2.75) is 12.8 Å². The van der Waals surface area contributed by atoms with Crippen LogP contribution < -0.4 is 10.2 Å². The minimum atomic E-state index is -0.186. The van der Waals surface area contributed by atoms with Crippen molar-refractivity contribution in [3.8, 4) is 0 Å². The summed E-state index contributed by atoms with van der Waals surface area (Å²) < 4.78 is 0.930. The third-order valence-electron chi connectivity index (χ3n) is 3.53. The molecule has 0 saturated carbocycles. The second-order valence-electron chi connectivity index (χ2n) is 5.06. The Kier molecular flexibility index (Phi) is 4.20. The van der Waals surface area contributed by atoms with Crippen LogP contribution in [0.15, 0.2) is 47.1 Å². The number of hydrogen-bond acceptors (Lipinski definition) is 3. The first-order valence-electron chi connectivity index (χ1n) is 7.00. The Balaban J connectivity index is 1.76. The first kappa shape index (κ1) is 14.1. The molecule has 0 spiro atoms. The van der Waals surface area contributed by atoms with Gasteiger partial charge in [-0.05, 0) is 43.2 Å². The van der Waals surface area contributed by atoms with Crippen molar-refractivity contribution in [1.29, 1.82) is 0 Å². The number of nitrogens with one attached hydrogen (secondary N) is 1. The Bertz CT molecular complexity index is 653. The Morgan fingerprint density at radius 3 is 2.76 bits per heavy atom. The number of amides is 1. The van der Waals surface area contributed by atoms with Crippen molar-refractivity contribution < 1.29 is 4.79 Å². The van der Waals surface area contributed by atoms with Crippen LogP contribution in [-0.2, 0) is 0 Å². The van der Waals surface area contributed by atoms with Gasteiger partial charge >= 0.3 is 0 Å². The van der Waals surface area contributed by atoms with Crippen molar-refractivity contribution in [1.82, 2.24) is 4.98 Å². The minimum Gasteiger partial charge on any atom is -0.371 e. The van der Waals surface area contributed by atoms with Crippen molar-refractivity contribution in [2.75, 3.05) is 23.3 Å². The lowest BCUT2D eigenvalue weighted by Gasteiger charge is -2.17. The van der Waals surface area contributed by atoms with Crippen LogP contribution in [0.25, 0.3) is 0 Å². The van der Waals surface area contributed by atoms with Gasteiger partial charge in [0.1, 0.15) is 5.69 Å². The molecule has 5 heteroatoms. The van der Waals surface area contributed by atoms with Crippen LogP contribution in [0.2, 0.25) is 0 Å². The molecule has 4 nitrogen and oxygen atoms in total. The lowest BCUT2D eigenvalue weighted by Crippen LogP contribution is -2.19. The van der Waals surface area contributed by atoms with Gasteiger partial charge in [-0.15, -0.1) is 0 Å². The predicted molar refractivity (Wildman–Crippen MR) is 87.8 cm³/mol. The summed E-state index contributed by atoms with van der Waals surface area (Å²) >= 11 is 3.39. The van der Waals surface area contributed by atoms with Gasteiger partial charge in [0.2, 0.25) is 0 Å². The average molecular weight is 346 g/mol. The zero-order chi connectivity index (χ0) is 14.7. The molecule has 1 aliphatic rings. The molecule has 1 aromatic heterocycles. The Hall–Kier alpha value is -1.88. The first-order chi connectivity index (χ1) is 10.2. The van der Waals surface area contributed by atoms with E-state index in [1.165, 1.54) is 12.8 Å². The second-order valence-corrected chi connectivity index (χ2v) is 5.97. The smallest absolute Gasteiger partial charge is 0.274 e. The molecule has 1 aromatic carbocycles. The van der Waals surface area contributed by atoms with Gasteiger partial charge in [-0.3, -0.25) is 9.78 Å². The van der Waals surface area contributed by atoms with E-state index >= 15 is 0 Å². The van der Waals surface area contributed by atoms with E-state index in [2.05, 4.69) is 31.1 Å². The van der Waals surface area contributed by atoms with E-state index < -0.39 is 0 Å². The van der Waals surface area contributed by atoms with E-state index in [1.54, 1.807) is 6.20 Å². The molecule has 1 saturated heterocycles. The molecule has 1 aliphatic heterocycles. The number of hydrogen-bond donors (Lipinski definition) is 1. The summed E-state index contributed by atoms with van der Waals surface area (Å²) in [7, 11) is 0.